The highest BCUT2D eigenvalue weighted by molar-refractivity contribution is 6.03. The molecule has 0 N–H and O–H groups in total. The third-order valence-corrected chi connectivity index (χ3v) is 4.64. The zero-order valence-corrected chi connectivity index (χ0v) is 13.5. The molecule has 3 heteroatoms. The van der Waals surface area contributed by atoms with Gasteiger partial charge in [0.05, 0.1) is 12.1 Å². The number of rotatable bonds is 6. The number of nitrogens with zero attached hydrogens (tertiary/aromatic N) is 1. The third-order valence-electron chi connectivity index (χ3n) is 4.64. The fraction of sp³-hybridized carbons (Fsp3) is 0.611. The van der Waals surface area contributed by atoms with Crippen LogP contribution in [0, 0.1) is 0 Å². The highest BCUT2D eigenvalue weighted by atomic mass is 16.5. The fourth-order valence-electron chi connectivity index (χ4n) is 3.12. The first-order chi connectivity index (χ1) is 10.1. The Bertz CT molecular complexity index is 480. The molecule has 1 saturated heterocycles. The molecule has 1 unspecified atom stereocenters. The maximum atomic E-state index is 13.1. The van der Waals surface area contributed by atoms with E-state index in [0.717, 1.165) is 30.8 Å². The summed E-state index contributed by atoms with van der Waals surface area (Å²) in [6, 6.07) is 7.60. The normalized spacial score (nSPS) is 19.0. The number of carbonyl (C=O) groups is 1. The maximum absolute atomic E-state index is 13.1. The van der Waals surface area contributed by atoms with Crippen molar-refractivity contribution in [3.05, 3.63) is 29.8 Å². The summed E-state index contributed by atoms with van der Waals surface area (Å²) < 4.78 is 5.52. The van der Waals surface area contributed by atoms with E-state index < -0.39 is 5.54 Å². The van der Waals surface area contributed by atoms with Crippen LogP contribution < -0.4 is 4.74 Å². The lowest BCUT2D eigenvalue weighted by atomic mass is 9.85. The molecular formula is C18H27NO2. The summed E-state index contributed by atoms with van der Waals surface area (Å²) in [6.45, 7) is 8.84. The Morgan fingerprint density at radius 2 is 1.95 bits per heavy atom. The Hall–Kier alpha value is -1.35. The molecular weight excluding hydrogens is 262 g/mol. The van der Waals surface area contributed by atoms with Gasteiger partial charge in [-0.2, -0.15) is 0 Å². The lowest BCUT2D eigenvalue weighted by Crippen LogP contribution is -2.53. The standard InChI is InChI=1S/C18H27NO2/c1-4-18(3,19-12-7-6-8-13-19)17(20)15-10-9-11-16(14-15)21-5-2/h9-11,14H,4-8,12-13H2,1-3H3. The highest BCUT2D eigenvalue weighted by Gasteiger charge is 2.38. The van der Waals surface area contributed by atoms with Gasteiger partial charge in [0.25, 0.3) is 0 Å². The topological polar surface area (TPSA) is 29.5 Å². The largest absolute Gasteiger partial charge is 0.494 e. The average molecular weight is 289 g/mol. The van der Waals surface area contributed by atoms with E-state index in [1.807, 2.05) is 31.2 Å². The number of ether oxygens (including phenoxy) is 1. The third kappa shape index (κ3) is 3.46. The van der Waals surface area contributed by atoms with Gasteiger partial charge in [0.15, 0.2) is 5.78 Å². The number of piperidine rings is 1. The van der Waals surface area contributed by atoms with Crippen LogP contribution in [-0.2, 0) is 0 Å². The quantitative estimate of drug-likeness (QED) is 0.743. The fourth-order valence-corrected chi connectivity index (χ4v) is 3.12. The SMILES string of the molecule is CCOc1cccc(C(=O)C(C)(CC)N2CCCCC2)c1. The van der Waals surface area contributed by atoms with Crippen LogP contribution in [-0.4, -0.2) is 35.9 Å². The van der Waals surface area contributed by atoms with Crippen molar-refractivity contribution in [3.8, 4) is 5.75 Å². The summed E-state index contributed by atoms with van der Waals surface area (Å²) >= 11 is 0. The zero-order valence-electron chi connectivity index (χ0n) is 13.5. The second kappa shape index (κ2) is 7.08. The second-order valence-electron chi connectivity index (χ2n) is 5.97. The minimum absolute atomic E-state index is 0.216. The molecule has 0 radical (unpaired) electrons. The molecule has 1 aliphatic heterocycles. The molecule has 0 amide bonds. The van der Waals surface area contributed by atoms with Crippen LogP contribution in [0.2, 0.25) is 0 Å². The van der Waals surface area contributed by atoms with E-state index in [-0.39, 0.29) is 5.78 Å². The number of hydrogen-bond donors (Lipinski definition) is 0. The number of hydrogen-bond acceptors (Lipinski definition) is 3. The van der Waals surface area contributed by atoms with Crippen LogP contribution in [0.3, 0.4) is 0 Å². The van der Waals surface area contributed by atoms with Gasteiger partial charge in [-0.25, -0.2) is 0 Å². The Labute approximate surface area is 128 Å². The lowest BCUT2D eigenvalue weighted by Gasteiger charge is -2.41. The van der Waals surface area contributed by atoms with Crippen molar-refractivity contribution in [1.82, 2.24) is 4.90 Å². The molecule has 0 aliphatic carbocycles. The van der Waals surface area contributed by atoms with Gasteiger partial charge in [0.2, 0.25) is 0 Å². The Morgan fingerprint density at radius 1 is 1.24 bits per heavy atom. The summed E-state index contributed by atoms with van der Waals surface area (Å²) in [6.07, 6.45) is 4.51. The van der Waals surface area contributed by atoms with Crippen molar-refractivity contribution in [3.63, 3.8) is 0 Å². The van der Waals surface area contributed by atoms with Gasteiger partial charge in [0, 0.05) is 5.56 Å². The van der Waals surface area contributed by atoms with Gasteiger partial charge in [-0.1, -0.05) is 25.5 Å². The smallest absolute Gasteiger partial charge is 0.182 e. The summed E-state index contributed by atoms with van der Waals surface area (Å²) in [5.41, 5.74) is 0.363. The minimum atomic E-state index is -0.398. The number of ketones is 1. The second-order valence-corrected chi connectivity index (χ2v) is 5.97. The van der Waals surface area contributed by atoms with Gasteiger partial charge < -0.3 is 4.74 Å². The van der Waals surface area contributed by atoms with Crippen LogP contribution in [0.4, 0.5) is 0 Å². The van der Waals surface area contributed by atoms with Crippen molar-refractivity contribution in [1.29, 1.82) is 0 Å². The molecule has 1 aliphatic rings. The summed E-state index contributed by atoms with van der Waals surface area (Å²) in [5.74, 6) is 0.994. The van der Waals surface area contributed by atoms with E-state index in [2.05, 4.69) is 18.7 Å². The molecule has 21 heavy (non-hydrogen) atoms. The van der Waals surface area contributed by atoms with Crippen molar-refractivity contribution in [2.75, 3.05) is 19.7 Å². The lowest BCUT2D eigenvalue weighted by molar-refractivity contribution is 0.0505. The maximum Gasteiger partial charge on any atom is 0.182 e. The first-order valence-electron chi connectivity index (χ1n) is 8.14. The van der Waals surface area contributed by atoms with Crippen molar-refractivity contribution >= 4 is 5.78 Å². The molecule has 1 heterocycles. The summed E-state index contributed by atoms with van der Waals surface area (Å²) in [5, 5.41) is 0. The monoisotopic (exact) mass is 289 g/mol. The van der Waals surface area contributed by atoms with Crippen LogP contribution in [0.5, 0.6) is 5.75 Å². The average Bonchev–Trinajstić information content (AvgIpc) is 2.55. The summed E-state index contributed by atoms with van der Waals surface area (Å²) in [7, 11) is 0. The predicted molar refractivity (Wildman–Crippen MR) is 86.1 cm³/mol. The molecule has 1 fully saturated rings. The molecule has 1 atom stereocenters. The van der Waals surface area contributed by atoms with Crippen LogP contribution in [0.25, 0.3) is 0 Å². The number of benzene rings is 1. The molecule has 116 valence electrons. The predicted octanol–water partition coefficient (Wildman–Crippen LogP) is 3.92. The van der Waals surface area contributed by atoms with E-state index >= 15 is 0 Å². The van der Waals surface area contributed by atoms with Gasteiger partial charge >= 0.3 is 0 Å². The van der Waals surface area contributed by atoms with Gasteiger partial charge in [0.1, 0.15) is 5.75 Å². The van der Waals surface area contributed by atoms with E-state index in [9.17, 15) is 4.79 Å². The van der Waals surface area contributed by atoms with Gasteiger partial charge in [-0.05, 0) is 58.3 Å². The first kappa shape index (κ1) is 16.0. The molecule has 2 rings (SSSR count). The van der Waals surface area contributed by atoms with E-state index in [1.54, 1.807) is 0 Å². The Morgan fingerprint density at radius 3 is 2.57 bits per heavy atom. The highest BCUT2D eigenvalue weighted by Crippen LogP contribution is 2.29. The first-order valence-corrected chi connectivity index (χ1v) is 8.14. The van der Waals surface area contributed by atoms with Crippen molar-refractivity contribution in [2.45, 2.75) is 52.0 Å². The Balaban J connectivity index is 2.24. The Kier molecular flexibility index (Phi) is 5.40. The molecule has 0 saturated carbocycles. The molecule has 0 spiro atoms. The molecule has 3 nitrogen and oxygen atoms in total. The summed E-state index contributed by atoms with van der Waals surface area (Å²) in [4.78, 5) is 15.4. The molecule has 1 aromatic carbocycles. The molecule has 0 aromatic heterocycles. The zero-order chi connectivity index (χ0) is 15.3. The van der Waals surface area contributed by atoms with E-state index in [0.29, 0.717) is 6.61 Å². The molecule has 1 aromatic rings. The minimum Gasteiger partial charge on any atom is -0.494 e. The van der Waals surface area contributed by atoms with E-state index in [4.69, 9.17) is 4.74 Å². The van der Waals surface area contributed by atoms with Crippen molar-refractivity contribution < 1.29 is 9.53 Å². The number of likely N-dealkylation sites (tertiary alicyclic amines) is 1. The van der Waals surface area contributed by atoms with Crippen LogP contribution >= 0.6 is 0 Å². The van der Waals surface area contributed by atoms with Crippen LogP contribution in [0.1, 0.15) is 56.8 Å². The van der Waals surface area contributed by atoms with Gasteiger partial charge in [-0.3, -0.25) is 9.69 Å². The van der Waals surface area contributed by atoms with Crippen LogP contribution in [0.15, 0.2) is 24.3 Å². The number of Topliss-reactive ketones (excluding diaryl/α,β-unsaturated/α-hetero) is 1. The number of carbonyl (C=O) groups excluding carboxylic acids is 1. The van der Waals surface area contributed by atoms with Crippen molar-refractivity contribution in [2.24, 2.45) is 0 Å². The van der Waals surface area contributed by atoms with Gasteiger partial charge in [-0.15, -0.1) is 0 Å². The van der Waals surface area contributed by atoms with E-state index in [1.165, 1.54) is 19.3 Å². The molecule has 0 bridgehead atoms.